The van der Waals surface area contributed by atoms with Gasteiger partial charge in [-0.1, -0.05) is 18.2 Å². The second-order valence-electron chi connectivity index (χ2n) is 4.62. The van der Waals surface area contributed by atoms with Gasteiger partial charge in [0.1, 0.15) is 11.8 Å². The highest BCUT2D eigenvalue weighted by molar-refractivity contribution is 6.40. The summed E-state index contributed by atoms with van der Waals surface area (Å²) in [5.74, 6) is -1.90. The molecule has 110 valence electrons. The van der Waals surface area contributed by atoms with Crippen LogP contribution in [0.25, 0.3) is 0 Å². The summed E-state index contributed by atoms with van der Waals surface area (Å²) in [7, 11) is 0. The van der Waals surface area contributed by atoms with Crippen molar-refractivity contribution in [1.29, 1.82) is 0 Å². The molecule has 7 heteroatoms. The summed E-state index contributed by atoms with van der Waals surface area (Å²) in [5.41, 5.74) is 0.713. The fraction of sp³-hybridized carbons (Fsp3) is 0.286. The molecule has 0 radical (unpaired) electrons. The van der Waals surface area contributed by atoms with Crippen LogP contribution in [0.15, 0.2) is 35.4 Å². The van der Waals surface area contributed by atoms with E-state index in [2.05, 4.69) is 10.4 Å². The standard InChI is InChI=1S/C14H15N3O4/c1-9(14(20)21)15-13(19)11-7-8-12(18)17(16-11)10-5-3-2-4-6-10/h2-6,9H,7-8H2,1H3,(H,15,19)(H,20,21)/t9-/m1/s1. The van der Waals surface area contributed by atoms with Gasteiger partial charge in [-0.15, -0.1) is 0 Å². The van der Waals surface area contributed by atoms with Crippen LogP contribution in [0, 0.1) is 0 Å². The second-order valence-corrected chi connectivity index (χ2v) is 4.62. The Kier molecular flexibility index (Phi) is 4.32. The van der Waals surface area contributed by atoms with Crippen molar-refractivity contribution in [2.45, 2.75) is 25.8 Å². The number of hydrogen-bond donors (Lipinski definition) is 2. The Bertz CT molecular complexity index is 597. The molecular formula is C14H15N3O4. The summed E-state index contributed by atoms with van der Waals surface area (Å²) in [5, 5.41) is 16.3. The molecule has 2 amide bonds. The first-order chi connectivity index (χ1) is 9.99. The summed E-state index contributed by atoms with van der Waals surface area (Å²) >= 11 is 0. The molecule has 7 nitrogen and oxygen atoms in total. The van der Waals surface area contributed by atoms with Crippen molar-refractivity contribution in [2.24, 2.45) is 5.10 Å². The SMILES string of the molecule is C[C@@H](NC(=O)C1=NN(c2ccccc2)C(=O)CC1)C(=O)O. The van der Waals surface area contributed by atoms with E-state index >= 15 is 0 Å². The third-order valence-corrected chi connectivity index (χ3v) is 3.01. The molecule has 1 atom stereocenters. The van der Waals surface area contributed by atoms with E-state index < -0.39 is 17.9 Å². The third kappa shape index (κ3) is 3.44. The zero-order valence-electron chi connectivity index (χ0n) is 11.4. The smallest absolute Gasteiger partial charge is 0.325 e. The minimum atomic E-state index is -1.13. The lowest BCUT2D eigenvalue weighted by Crippen LogP contribution is -2.44. The van der Waals surface area contributed by atoms with Crippen molar-refractivity contribution in [2.75, 3.05) is 5.01 Å². The number of carbonyl (C=O) groups excluding carboxylic acids is 2. The molecule has 0 unspecified atom stereocenters. The molecule has 0 saturated carbocycles. The molecule has 1 heterocycles. The van der Waals surface area contributed by atoms with Crippen molar-refractivity contribution in [3.05, 3.63) is 30.3 Å². The van der Waals surface area contributed by atoms with E-state index in [-0.39, 0.29) is 24.5 Å². The number of aliphatic carboxylic acids is 1. The second kappa shape index (κ2) is 6.17. The molecule has 1 aliphatic heterocycles. The molecule has 0 saturated heterocycles. The van der Waals surface area contributed by atoms with E-state index in [9.17, 15) is 14.4 Å². The maximum Gasteiger partial charge on any atom is 0.325 e. The van der Waals surface area contributed by atoms with Gasteiger partial charge in [-0.2, -0.15) is 5.10 Å². The van der Waals surface area contributed by atoms with E-state index in [0.29, 0.717) is 5.69 Å². The zero-order chi connectivity index (χ0) is 15.4. The predicted molar refractivity (Wildman–Crippen MR) is 75.8 cm³/mol. The molecule has 0 spiro atoms. The lowest BCUT2D eigenvalue weighted by atomic mass is 10.1. The number of nitrogens with zero attached hydrogens (tertiary/aromatic N) is 2. The maximum atomic E-state index is 12.0. The van der Waals surface area contributed by atoms with Gasteiger partial charge in [-0.05, 0) is 19.1 Å². The number of rotatable bonds is 4. The van der Waals surface area contributed by atoms with Crippen LogP contribution < -0.4 is 10.3 Å². The van der Waals surface area contributed by atoms with E-state index in [1.807, 2.05) is 6.07 Å². The Balaban J connectivity index is 2.19. The zero-order valence-corrected chi connectivity index (χ0v) is 11.4. The minimum absolute atomic E-state index is 0.145. The summed E-state index contributed by atoms with van der Waals surface area (Å²) < 4.78 is 0. The summed E-state index contributed by atoms with van der Waals surface area (Å²) in [4.78, 5) is 34.6. The molecular weight excluding hydrogens is 274 g/mol. The van der Waals surface area contributed by atoms with Crippen LogP contribution in [0.4, 0.5) is 5.69 Å². The summed E-state index contributed by atoms with van der Waals surface area (Å²) in [6, 6.07) is 7.74. The quantitative estimate of drug-likeness (QED) is 0.854. The highest BCUT2D eigenvalue weighted by Gasteiger charge is 2.26. The fourth-order valence-electron chi connectivity index (χ4n) is 1.83. The van der Waals surface area contributed by atoms with Gasteiger partial charge in [0.2, 0.25) is 5.91 Å². The minimum Gasteiger partial charge on any atom is -0.480 e. The summed E-state index contributed by atoms with van der Waals surface area (Å²) in [6.45, 7) is 1.36. The number of hydrogen-bond acceptors (Lipinski definition) is 4. The first-order valence-electron chi connectivity index (χ1n) is 6.48. The van der Waals surface area contributed by atoms with Crippen LogP contribution >= 0.6 is 0 Å². The molecule has 1 aromatic carbocycles. The fourth-order valence-corrected chi connectivity index (χ4v) is 1.83. The van der Waals surface area contributed by atoms with Crippen molar-refractivity contribution in [3.63, 3.8) is 0 Å². The lowest BCUT2D eigenvalue weighted by Gasteiger charge is -2.23. The Morgan fingerprint density at radius 1 is 1.29 bits per heavy atom. The van der Waals surface area contributed by atoms with Crippen molar-refractivity contribution in [1.82, 2.24) is 5.32 Å². The average molecular weight is 289 g/mol. The van der Waals surface area contributed by atoms with Gasteiger partial charge in [0.05, 0.1) is 5.69 Å². The van der Waals surface area contributed by atoms with E-state index in [1.54, 1.807) is 24.3 Å². The molecule has 21 heavy (non-hydrogen) atoms. The molecule has 2 N–H and O–H groups in total. The van der Waals surface area contributed by atoms with Crippen LogP contribution in [0.3, 0.4) is 0 Å². The molecule has 2 rings (SSSR count). The van der Waals surface area contributed by atoms with Gasteiger partial charge in [-0.25, -0.2) is 5.01 Å². The predicted octanol–water partition coefficient (Wildman–Crippen LogP) is 0.759. The topological polar surface area (TPSA) is 99.1 Å². The number of carbonyl (C=O) groups is 3. The van der Waals surface area contributed by atoms with E-state index in [0.717, 1.165) is 0 Å². The first kappa shape index (κ1) is 14.7. The largest absolute Gasteiger partial charge is 0.480 e. The monoisotopic (exact) mass is 289 g/mol. The Hall–Kier alpha value is -2.70. The number of hydrazone groups is 1. The number of para-hydroxylation sites is 1. The van der Waals surface area contributed by atoms with E-state index in [4.69, 9.17) is 5.11 Å². The number of benzene rings is 1. The number of carboxylic acids is 1. The van der Waals surface area contributed by atoms with Crippen LogP contribution in [0.1, 0.15) is 19.8 Å². The molecule has 1 aromatic rings. The van der Waals surface area contributed by atoms with Crippen molar-refractivity contribution in [3.8, 4) is 0 Å². The van der Waals surface area contributed by atoms with Gasteiger partial charge in [0.15, 0.2) is 0 Å². The number of amides is 2. The number of carboxylic acid groups (broad SMARTS) is 1. The van der Waals surface area contributed by atoms with Gasteiger partial charge in [0.25, 0.3) is 5.91 Å². The molecule has 0 bridgehead atoms. The average Bonchev–Trinajstić information content (AvgIpc) is 2.48. The maximum absolute atomic E-state index is 12.0. The highest BCUT2D eigenvalue weighted by atomic mass is 16.4. The third-order valence-electron chi connectivity index (χ3n) is 3.01. The van der Waals surface area contributed by atoms with Crippen LogP contribution in [-0.2, 0) is 14.4 Å². The Morgan fingerprint density at radius 2 is 1.95 bits per heavy atom. The first-order valence-corrected chi connectivity index (χ1v) is 6.48. The number of anilines is 1. The molecule has 0 fully saturated rings. The normalized spacial score (nSPS) is 16.1. The highest BCUT2D eigenvalue weighted by Crippen LogP contribution is 2.19. The summed E-state index contributed by atoms with van der Waals surface area (Å²) in [6.07, 6.45) is 0.350. The Labute approximate surface area is 121 Å². The lowest BCUT2D eigenvalue weighted by molar-refractivity contribution is -0.140. The van der Waals surface area contributed by atoms with Crippen LogP contribution in [-0.4, -0.2) is 34.6 Å². The van der Waals surface area contributed by atoms with Gasteiger partial charge >= 0.3 is 5.97 Å². The van der Waals surface area contributed by atoms with Gasteiger partial charge < -0.3 is 10.4 Å². The van der Waals surface area contributed by atoms with E-state index in [1.165, 1.54) is 11.9 Å². The van der Waals surface area contributed by atoms with Crippen LogP contribution in [0.5, 0.6) is 0 Å². The molecule has 0 aliphatic carbocycles. The number of nitrogens with one attached hydrogen (secondary N) is 1. The Morgan fingerprint density at radius 3 is 2.57 bits per heavy atom. The van der Waals surface area contributed by atoms with Gasteiger partial charge in [-0.3, -0.25) is 14.4 Å². The molecule has 0 aromatic heterocycles. The van der Waals surface area contributed by atoms with Crippen molar-refractivity contribution < 1.29 is 19.5 Å². The van der Waals surface area contributed by atoms with Crippen molar-refractivity contribution >= 4 is 29.2 Å². The molecule has 1 aliphatic rings. The van der Waals surface area contributed by atoms with Gasteiger partial charge in [0, 0.05) is 12.8 Å². The van der Waals surface area contributed by atoms with Crippen LogP contribution in [0.2, 0.25) is 0 Å².